The molecule has 0 aromatic heterocycles. The Hall–Kier alpha value is -2.24. The van der Waals surface area contributed by atoms with Gasteiger partial charge in [-0.2, -0.15) is 0 Å². The molecule has 22 heavy (non-hydrogen) atoms. The van der Waals surface area contributed by atoms with E-state index in [4.69, 9.17) is 5.11 Å². The van der Waals surface area contributed by atoms with Crippen LogP contribution in [0, 0.1) is 17.7 Å². The maximum absolute atomic E-state index is 12.9. The van der Waals surface area contributed by atoms with E-state index in [0.29, 0.717) is 24.9 Å². The second kappa shape index (κ2) is 6.68. The third-order valence-electron chi connectivity index (χ3n) is 3.97. The number of hydrogen-bond donors (Lipinski definition) is 1. The molecule has 6 heteroatoms. The number of piperidine rings is 1. The van der Waals surface area contributed by atoms with Crippen molar-refractivity contribution in [2.45, 2.75) is 19.8 Å². The number of carbonyl (C=O) groups excluding carboxylic acids is 2. The minimum Gasteiger partial charge on any atom is -0.481 e. The van der Waals surface area contributed by atoms with Crippen molar-refractivity contribution >= 4 is 17.7 Å². The molecule has 0 saturated carbocycles. The van der Waals surface area contributed by atoms with Gasteiger partial charge in [-0.25, -0.2) is 4.39 Å². The van der Waals surface area contributed by atoms with Crippen LogP contribution in [0.1, 0.15) is 30.1 Å². The van der Waals surface area contributed by atoms with E-state index in [1.807, 2.05) is 0 Å². The van der Waals surface area contributed by atoms with Crippen molar-refractivity contribution in [2.24, 2.45) is 11.8 Å². The zero-order valence-corrected chi connectivity index (χ0v) is 12.3. The summed E-state index contributed by atoms with van der Waals surface area (Å²) in [7, 11) is 0. The molecule has 1 heterocycles. The Balaban J connectivity index is 2.07. The second-order valence-electron chi connectivity index (χ2n) is 5.55. The lowest BCUT2D eigenvalue weighted by atomic mass is 9.89. The van der Waals surface area contributed by atoms with E-state index >= 15 is 0 Å². The van der Waals surface area contributed by atoms with Gasteiger partial charge in [0, 0.05) is 24.6 Å². The van der Waals surface area contributed by atoms with E-state index in [1.54, 1.807) is 0 Å². The number of Topliss-reactive ketones (excluding diaryl/α,β-unsaturated/α-hetero) is 1. The molecule has 1 saturated heterocycles. The van der Waals surface area contributed by atoms with E-state index in [0.717, 1.165) is 0 Å². The molecule has 0 aliphatic carbocycles. The molecule has 2 atom stereocenters. The molecule has 0 radical (unpaired) electrons. The van der Waals surface area contributed by atoms with Gasteiger partial charge >= 0.3 is 5.97 Å². The van der Waals surface area contributed by atoms with E-state index < -0.39 is 23.6 Å². The van der Waals surface area contributed by atoms with Crippen LogP contribution in [0.2, 0.25) is 0 Å². The van der Waals surface area contributed by atoms with Crippen molar-refractivity contribution < 1.29 is 23.9 Å². The molecule has 118 valence electrons. The number of nitrogens with zero attached hydrogens (tertiary/aromatic N) is 1. The SMILES string of the molecule is CC(C(=O)O)C(=O)N1CCCC(C(=O)c2ccc(F)cc2)C1. The topological polar surface area (TPSA) is 74.7 Å². The minimum absolute atomic E-state index is 0.138. The van der Waals surface area contributed by atoms with Crippen LogP contribution in [0.25, 0.3) is 0 Å². The number of carboxylic acid groups (broad SMARTS) is 1. The first-order chi connectivity index (χ1) is 10.4. The van der Waals surface area contributed by atoms with E-state index in [-0.39, 0.29) is 18.2 Å². The Morgan fingerprint density at radius 2 is 1.91 bits per heavy atom. The lowest BCUT2D eigenvalue weighted by Crippen LogP contribution is -2.45. The molecule has 5 nitrogen and oxygen atoms in total. The molecule has 1 aromatic carbocycles. The summed E-state index contributed by atoms with van der Waals surface area (Å²) in [5.41, 5.74) is 0.409. The van der Waals surface area contributed by atoms with Gasteiger partial charge in [-0.05, 0) is 44.0 Å². The average molecular weight is 307 g/mol. The van der Waals surface area contributed by atoms with Crippen molar-refractivity contribution in [1.82, 2.24) is 4.90 Å². The first kappa shape index (κ1) is 16.1. The van der Waals surface area contributed by atoms with Gasteiger partial charge in [-0.15, -0.1) is 0 Å². The summed E-state index contributed by atoms with van der Waals surface area (Å²) in [5.74, 6) is -3.67. The highest BCUT2D eigenvalue weighted by atomic mass is 19.1. The fraction of sp³-hybridized carbons (Fsp3) is 0.438. The van der Waals surface area contributed by atoms with Crippen LogP contribution in [0.5, 0.6) is 0 Å². The van der Waals surface area contributed by atoms with Crippen LogP contribution in [0.3, 0.4) is 0 Å². The summed E-state index contributed by atoms with van der Waals surface area (Å²) in [5, 5.41) is 8.91. The fourth-order valence-electron chi connectivity index (χ4n) is 2.62. The van der Waals surface area contributed by atoms with Gasteiger partial charge in [-0.1, -0.05) is 0 Å². The lowest BCUT2D eigenvalue weighted by Gasteiger charge is -2.33. The number of hydrogen-bond acceptors (Lipinski definition) is 3. The number of benzene rings is 1. The zero-order valence-electron chi connectivity index (χ0n) is 12.3. The molecular weight excluding hydrogens is 289 g/mol. The van der Waals surface area contributed by atoms with Gasteiger partial charge in [0.2, 0.25) is 5.91 Å². The summed E-state index contributed by atoms with van der Waals surface area (Å²) in [6, 6.07) is 5.31. The third kappa shape index (κ3) is 3.50. The van der Waals surface area contributed by atoms with Crippen molar-refractivity contribution in [1.29, 1.82) is 0 Å². The number of amides is 1. The smallest absolute Gasteiger partial charge is 0.315 e. The summed E-state index contributed by atoms with van der Waals surface area (Å²) in [6.07, 6.45) is 1.29. The Kier molecular flexibility index (Phi) is 4.90. The molecule has 1 aromatic rings. The quantitative estimate of drug-likeness (QED) is 0.681. The Morgan fingerprint density at radius 1 is 1.27 bits per heavy atom. The Labute approximate surface area is 127 Å². The third-order valence-corrected chi connectivity index (χ3v) is 3.97. The van der Waals surface area contributed by atoms with Crippen LogP contribution < -0.4 is 0 Å². The number of ketones is 1. The molecule has 1 aliphatic heterocycles. The summed E-state index contributed by atoms with van der Waals surface area (Å²) in [6.45, 7) is 2.02. The predicted molar refractivity (Wildman–Crippen MR) is 76.8 cm³/mol. The van der Waals surface area contributed by atoms with E-state index in [1.165, 1.54) is 36.1 Å². The van der Waals surface area contributed by atoms with Gasteiger partial charge < -0.3 is 10.0 Å². The van der Waals surface area contributed by atoms with E-state index in [9.17, 15) is 18.8 Å². The monoisotopic (exact) mass is 307 g/mol. The van der Waals surface area contributed by atoms with Crippen molar-refractivity contribution in [3.8, 4) is 0 Å². The van der Waals surface area contributed by atoms with Crippen LogP contribution >= 0.6 is 0 Å². The van der Waals surface area contributed by atoms with Gasteiger partial charge in [-0.3, -0.25) is 14.4 Å². The summed E-state index contributed by atoms with van der Waals surface area (Å²) in [4.78, 5) is 36.8. The number of likely N-dealkylation sites (tertiary alicyclic amines) is 1. The van der Waals surface area contributed by atoms with Crippen LogP contribution in [0.4, 0.5) is 4.39 Å². The molecule has 2 unspecified atom stereocenters. The minimum atomic E-state index is -1.17. The standard InChI is InChI=1S/C16H18FNO4/c1-10(16(21)22)15(20)18-8-2-3-12(9-18)14(19)11-4-6-13(17)7-5-11/h4-7,10,12H,2-3,8-9H2,1H3,(H,21,22). The Bertz CT molecular complexity index is 584. The average Bonchev–Trinajstić information content (AvgIpc) is 2.53. The first-order valence-electron chi connectivity index (χ1n) is 7.21. The van der Waals surface area contributed by atoms with Gasteiger partial charge in [0.1, 0.15) is 11.7 Å². The normalized spacial score (nSPS) is 19.5. The molecule has 1 fully saturated rings. The first-order valence-corrected chi connectivity index (χ1v) is 7.21. The number of rotatable bonds is 4. The summed E-state index contributed by atoms with van der Waals surface area (Å²) >= 11 is 0. The van der Waals surface area contributed by atoms with E-state index in [2.05, 4.69) is 0 Å². The number of carbonyl (C=O) groups is 3. The van der Waals surface area contributed by atoms with Crippen LogP contribution in [0.15, 0.2) is 24.3 Å². The predicted octanol–water partition coefficient (Wildman–Crippen LogP) is 1.97. The number of aliphatic carboxylic acids is 1. The second-order valence-corrected chi connectivity index (χ2v) is 5.55. The fourth-order valence-corrected chi connectivity index (χ4v) is 2.62. The van der Waals surface area contributed by atoms with Crippen molar-refractivity contribution in [3.05, 3.63) is 35.6 Å². The maximum atomic E-state index is 12.9. The van der Waals surface area contributed by atoms with Crippen LogP contribution in [-0.2, 0) is 9.59 Å². The van der Waals surface area contributed by atoms with Gasteiger partial charge in [0.25, 0.3) is 0 Å². The molecule has 1 N–H and O–H groups in total. The largest absolute Gasteiger partial charge is 0.481 e. The Morgan fingerprint density at radius 3 is 2.50 bits per heavy atom. The highest BCUT2D eigenvalue weighted by molar-refractivity contribution is 5.99. The zero-order chi connectivity index (χ0) is 16.3. The molecular formula is C16H18FNO4. The lowest BCUT2D eigenvalue weighted by molar-refractivity contribution is -0.150. The summed E-state index contributed by atoms with van der Waals surface area (Å²) < 4.78 is 12.9. The van der Waals surface area contributed by atoms with Crippen LogP contribution in [-0.4, -0.2) is 40.8 Å². The number of halogens is 1. The maximum Gasteiger partial charge on any atom is 0.315 e. The molecule has 2 rings (SSSR count). The van der Waals surface area contributed by atoms with Gasteiger partial charge in [0.15, 0.2) is 5.78 Å². The highest BCUT2D eigenvalue weighted by Crippen LogP contribution is 2.22. The number of carboxylic acids is 1. The molecule has 1 aliphatic rings. The molecule has 1 amide bonds. The molecule has 0 spiro atoms. The highest BCUT2D eigenvalue weighted by Gasteiger charge is 2.32. The van der Waals surface area contributed by atoms with Crippen molar-refractivity contribution in [2.75, 3.05) is 13.1 Å². The van der Waals surface area contributed by atoms with Gasteiger partial charge in [0.05, 0.1) is 0 Å². The van der Waals surface area contributed by atoms with Crippen molar-refractivity contribution in [3.63, 3.8) is 0 Å². The molecule has 0 bridgehead atoms.